The van der Waals surface area contributed by atoms with Gasteiger partial charge in [-0.25, -0.2) is 8.42 Å². The van der Waals surface area contributed by atoms with Crippen molar-refractivity contribution >= 4 is 32.5 Å². The number of amides is 1. The maximum atomic E-state index is 12.9. The van der Waals surface area contributed by atoms with Crippen LogP contribution >= 0.6 is 0 Å². The van der Waals surface area contributed by atoms with Crippen LogP contribution in [0.5, 0.6) is 0 Å². The number of nitrogens with zero attached hydrogens (tertiary/aromatic N) is 2. The summed E-state index contributed by atoms with van der Waals surface area (Å²) in [5.41, 5.74) is 2.88. The smallest absolute Gasteiger partial charge is 0.261 e. The van der Waals surface area contributed by atoms with Crippen LogP contribution in [-0.4, -0.2) is 50.4 Å². The van der Waals surface area contributed by atoms with Crippen LogP contribution in [0.2, 0.25) is 0 Å². The number of benzene rings is 2. The van der Waals surface area contributed by atoms with Gasteiger partial charge in [0, 0.05) is 24.0 Å². The molecule has 0 atom stereocenters. The zero-order valence-electron chi connectivity index (χ0n) is 21.0. The topological polar surface area (TPSA) is 91.4 Å². The number of carbonyl (C=O) groups is 1. The molecule has 0 spiro atoms. The summed E-state index contributed by atoms with van der Waals surface area (Å²) < 4.78 is 28.5. The van der Waals surface area contributed by atoms with Gasteiger partial charge in [-0.2, -0.15) is 0 Å². The summed E-state index contributed by atoms with van der Waals surface area (Å²) in [6.45, 7) is 6.05. The second-order valence-electron chi connectivity index (χ2n) is 9.56. The lowest BCUT2D eigenvalue weighted by Gasteiger charge is -2.26. The van der Waals surface area contributed by atoms with Crippen LogP contribution in [0.4, 0.5) is 5.69 Å². The zero-order chi connectivity index (χ0) is 25.4. The summed E-state index contributed by atoms with van der Waals surface area (Å²) in [5, 5.41) is 3.89. The Hall–Kier alpha value is -2.97. The van der Waals surface area contributed by atoms with Gasteiger partial charge in [-0.15, -0.1) is 0 Å². The van der Waals surface area contributed by atoms with Crippen molar-refractivity contribution < 1.29 is 13.2 Å². The molecule has 0 unspecified atom stereocenters. The number of aryl methyl sites for hydroxylation is 2. The molecule has 0 saturated carbocycles. The van der Waals surface area contributed by atoms with Crippen LogP contribution in [0.15, 0.2) is 59.5 Å². The van der Waals surface area contributed by atoms with Crippen LogP contribution in [0.1, 0.15) is 49.8 Å². The van der Waals surface area contributed by atoms with Gasteiger partial charge < -0.3 is 10.2 Å². The number of anilines is 1. The molecule has 1 aromatic heterocycles. The van der Waals surface area contributed by atoms with Gasteiger partial charge in [0.25, 0.3) is 10.0 Å². The highest BCUT2D eigenvalue weighted by atomic mass is 32.2. The van der Waals surface area contributed by atoms with Gasteiger partial charge >= 0.3 is 0 Å². The molecule has 192 valence electrons. The van der Waals surface area contributed by atoms with E-state index in [2.05, 4.69) is 14.9 Å². The van der Waals surface area contributed by atoms with Crippen molar-refractivity contribution in [2.45, 2.75) is 56.8 Å². The first-order valence-corrected chi connectivity index (χ1v) is 14.4. The van der Waals surface area contributed by atoms with E-state index in [1.807, 2.05) is 31.2 Å². The maximum Gasteiger partial charge on any atom is 0.261 e. The minimum Gasteiger partial charge on any atom is -0.356 e. The minimum absolute atomic E-state index is 0.0704. The second-order valence-corrected chi connectivity index (χ2v) is 11.2. The Labute approximate surface area is 214 Å². The summed E-state index contributed by atoms with van der Waals surface area (Å²) >= 11 is 0. The average molecular weight is 509 g/mol. The van der Waals surface area contributed by atoms with E-state index < -0.39 is 10.0 Å². The van der Waals surface area contributed by atoms with Crippen LogP contribution in [0.25, 0.3) is 10.9 Å². The fourth-order valence-corrected chi connectivity index (χ4v) is 5.63. The van der Waals surface area contributed by atoms with Crippen molar-refractivity contribution in [3.05, 3.63) is 65.9 Å². The molecule has 2 heterocycles. The number of sulfonamides is 1. The fourth-order valence-electron chi connectivity index (χ4n) is 4.56. The molecule has 4 rings (SSSR count). The molecule has 0 radical (unpaired) electrons. The van der Waals surface area contributed by atoms with Gasteiger partial charge in [0.05, 0.1) is 16.1 Å². The van der Waals surface area contributed by atoms with Gasteiger partial charge in [-0.05, 0) is 82.9 Å². The molecule has 1 aliphatic heterocycles. The third-order valence-corrected chi connectivity index (χ3v) is 7.99. The number of likely N-dealkylation sites (tertiary alicyclic amines) is 1. The Morgan fingerprint density at radius 3 is 2.53 bits per heavy atom. The number of rotatable bonds is 11. The molecule has 8 heteroatoms. The number of pyridine rings is 1. The Bertz CT molecular complexity index is 1270. The van der Waals surface area contributed by atoms with E-state index in [-0.39, 0.29) is 10.8 Å². The summed E-state index contributed by atoms with van der Waals surface area (Å²) in [6, 6.07) is 16.1. The van der Waals surface area contributed by atoms with Crippen LogP contribution in [-0.2, 0) is 21.2 Å². The van der Waals surface area contributed by atoms with Gasteiger partial charge in [-0.3, -0.25) is 14.5 Å². The first-order chi connectivity index (χ1) is 17.4. The lowest BCUT2D eigenvalue weighted by atomic mass is 10.1. The Balaban J connectivity index is 1.30. The summed E-state index contributed by atoms with van der Waals surface area (Å²) in [4.78, 5) is 19.7. The van der Waals surface area contributed by atoms with E-state index in [1.165, 1.54) is 32.4 Å². The number of aromatic nitrogens is 1. The molecule has 0 aliphatic carbocycles. The normalized spacial score (nSPS) is 14.6. The van der Waals surface area contributed by atoms with E-state index in [4.69, 9.17) is 4.98 Å². The molecule has 36 heavy (non-hydrogen) atoms. The Kier molecular flexibility index (Phi) is 8.93. The molecule has 3 aromatic rings. The second kappa shape index (κ2) is 12.3. The maximum absolute atomic E-state index is 12.9. The van der Waals surface area contributed by atoms with E-state index in [1.54, 1.807) is 30.3 Å². The molecule has 1 fully saturated rings. The minimum atomic E-state index is -3.73. The van der Waals surface area contributed by atoms with Gasteiger partial charge in [0.2, 0.25) is 5.91 Å². The molecule has 7 nitrogen and oxygen atoms in total. The molecule has 0 bridgehead atoms. The summed E-state index contributed by atoms with van der Waals surface area (Å²) in [5.74, 6) is 0.0704. The van der Waals surface area contributed by atoms with Crippen LogP contribution < -0.4 is 10.0 Å². The molecule has 1 aliphatic rings. The van der Waals surface area contributed by atoms with Crippen molar-refractivity contribution in [3.63, 3.8) is 0 Å². The first kappa shape index (κ1) is 26.1. The molecule has 1 amide bonds. The zero-order valence-corrected chi connectivity index (χ0v) is 21.8. The Morgan fingerprint density at radius 2 is 1.75 bits per heavy atom. The van der Waals surface area contributed by atoms with E-state index >= 15 is 0 Å². The molecular formula is C28H36N4O3S. The lowest BCUT2D eigenvalue weighted by molar-refractivity contribution is -0.121. The van der Waals surface area contributed by atoms with E-state index in [9.17, 15) is 13.2 Å². The molecular weight excluding hydrogens is 472 g/mol. The Morgan fingerprint density at radius 1 is 0.972 bits per heavy atom. The number of nitrogens with one attached hydrogen (secondary N) is 2. The number of para-hydroxylation sites is 1. The highest BCUT2D eigenvalue weighted by Crippen LogP contribution is 2.25. The molecule has 2 aromatic carbocycles. The summed E-state index contributed by atoms with van der Waals surface area (Å²) in [6.07, 6.45) is 6.68. The van der Waals surface area contributed by atoms with Crippen LogP contribution in [0.3, 0.4) is 0 Å². The van der Waals surface area contributed by atoms with Crippen molar-refractivity contribution in [2.75, 3.05) is 30.9 Å². The van der Waals surface area contributed by atoms with E-state index in [0.717, 1.165) is 29.6 Å². The number of hydrogen-bond donors (Lipinski definition) is 2. The van der Waals surface area contributed by atoms with Crippen LogP contribution in [0, 0.1) is 6.92 Å². The van der Waals surface area contributed by atoms with Gasteiger partial charge in [-0.1, -0.05) is 42.3 Å². The lowest BCUT2D eigenvalue weighted by Crippen LogP contribution is -2.33. The SMILES string of the molecule is Cc1ccc(S(=O)(=O)Nc2cccc3ccc(CCCC(=O)NCCCN4CCCCC4)nc23)cc1. The fraction of sp³-hybridized carbons (Fsp3) is 0.429. The highest BCUT2D eigenvalue weighted by molar-refractivity contribution is 7.92. The largest absolute Gasteiger partial charge is 0.356 e. The average Bonchev–Trinajstić information content (AvgIpc) is 2.88. The third-order valence-electron chi connectivity index (χ3n) is 6.61. The standard InChI is InChI=1S/C28H36N4O3S/c1-22-12-16-25(17-13-22)36(34,35)31-26-10-5-8-23-14-15-24(30-28(23)26)9-6-11-27(33)29-18-7-21-32-19-3-2-4-20-32/h5,8,10,12-17,31H,2-4,6-7,9,11,18-21H2,1H3,(H,29,33). The number of hydrogen-bond acceptors (Lipinski definition) is 5. The van der Waals surface area contributed by atoms with Crippen molar-refractivity contribution in [2.24, 2.45) is 0 Å². The highest BCUT2D eigenvalue weighted by Gasteiger charge is 2.16. The van der Waals surface area contributed by atoms with Crippen molar-refractivity contribution in [3.8, 4) is 0 Å². The van der Waals surface area contributed by atoms with Gasteiger partial charge in [0.15, 0.2) is 0 Å². The van der Waals surface area contributed by atoms with Gasteiger partial charge in [0.1, 0.15) is 0 Å². The van der Waals surface area contributed by atoms with E-state index in [0.29, 0.717) is 37.0 Å². The third kappa shape index (κ3) is 7.27. The predicted molar refractivity (Wildman–Crippen MR) is 145 cm³/mol. The summed E-state index contributed by atoms with van der Waals surface area (Å²) in [7, 11) is -3.73. The molecule has 2 N–H and O–H groups in total. The quantitative estimate of drug-likeness (QED) is 0.368. The number of fused-ring (bicyclic) bond motifs is 1. The molecule has 1 saturated heterocycles. The van der Waals surface area contributed by atoms with Crippen molar-refractivity contribution in [1.82, 2.24) is 15.2 Å². The van der Waals surface area contributed by atoms with Crippen molar-refractivity contribution in [1.29, 1.82) is 0 Å². The monoisotopic (exact) mass is 508 g/mol. The number of carbonyl (C=O) groups excluding carboxylic acids is 1. The first-order valence-electron chi connectivity index (χ1n) is 12.9. The number of piperidine rings is 1. The predicted octanol–water partition coefficient (Wildman–Crippen LogP) is 4.66.